The van der Waals surface area contributed by atoms with Crippen LogP contribution in [0.25, 0.3) is 0 Å². The Balaban J connectivity index is 1.80. The Morgan fingerprint density at radius 1 is 0.851 bits per heavy atom. The minimum absolute atomic E-state index is 0.00912. The molecule has 14 heteroatoms. The average Bonchev–Trinajstić information content (AvgIpc) is 3.59. The van der Waals surface area contributed by atoms with Crippen LogP contribution in [0.3, 0.4) is 0 Å². The van der Waals surface area contributed by atoms with E-state index in [9.17, 15) is 18.0 Å². The maximum Gasteiger partial charge on any atom is 0.265 e. The predicted molar refractivity (Wildman–Crippen MR) is 180 cm³/mol. The van der Waals surface area contributed by atoms with E-state index in [4.69, 9.17) is 42.1 Å². The van der Waals surface area contributed by atoms with Gasteiger partial charge in [-0.05, 0) is 61.7 Å². The molecular weight excluding hydrogens is 669 g/mol. The topological polar surface area (TPSA) is 124 Å². The lowest BCUT2D eigenvalue weighted by Crippen LogP contribution is -2.52. The number of carbonyl (C=O) groups excluding carboxylic acids is 2. The summed E-state index contributed by atoms with van der Waals surface area (Å²) in [6.45, 7) is 0.871. The average molecular weight is 709 g/mol. The van der Waals surface area contributed by atoms with E-state index in [1.165, 1.54) is 57.6 Å². The smallest absolute Gasteiger partial charge is 0.265 e. The molecule has 0 saturated heterocycles. The fraction of sp³-hybridized carbons (Fsp3) is 0.394. The number of rotatable bonds is 14. The highest BCUT2D eigenvalue weighted by Crippen LogP contribution is 2.38. The minimum Gasteiger partial charge on any atom is -0.497 e. The molecule has 11 nitrogen and oxygen atoms in total. The van der Waals surface area contributed by atoms with Crippen LogP contribution >= 0.6 is 23.2 Å². The lowest BCUT2D eigenvalue weighted by molar-refractivity contribution is -0.139. The van der Waals surface area contributed by atoms with Gasteiger partial charge in [0.2, 0.25) is 11.8 Å². The lowest BCUT2D eigenvalue weighted by atomic mass is 10.1. The molecule has 47 heavy (non-hydrogen) atoms. The number of benzene rings is 3. The molecule has 2 amide bonds. The van der Waals surface area contributed by atoms with Gasteiger partial charge in [0.1, 0.15) is 24.1 Å². The molecule has 0 heterocycles. The molecular formula is C33H39Cl2N3O8S. The largest absolute Gasteiger partial charge is 0.497 e. The van der Waals surface area contributed by atoms with Crippen LogP contribution in [0.5, 0.6) is 23.0 Å². The summed E-state index contributed by atoms with van der Waals surface area (Å²) in [5, 5.41) is 3.65. The highest BCUT2D eigenvalue weighted by atomic mass is 35.5. The molecule has 0 aliphatic heterocycles. The molecule has 0 unspecified atom stereocenters. The van der Waals surface area contributed by atoms with Crippen molar-refractivity contribution in [2.45, 2.75) is 56.1 Å². The number of hydrogen-bond donors (Lipinski definition) is 1. The number of hydrogen-bond acceptors (Lipinski definition) is 8. The molecule has 3 aromatic rings. The summed E-state index contributed by atoms with van der Waals surface area (Å²) in [4.78, 5) is 29.0. The quantitative estimate of drug-likeness (QED) is 0.226. The Morgan fingerprint density at radius 3 is 2.13 bits per heavy atom. The van der Waals surface area contributed by atoms with Crippen LogP contribution < -0.4 is 28.6 Å². The molecule has 1 N–H and O–H groups in total. The van der Waals surface area contributed by atoms with Crippen LogP contribution in [0.4, 0.5) is 5.69 Å². The minimum atomic E-state index is -4.47. The van der Waals surface area contributed by atoms with Crippen molar-refractivity contribution in [1.29, 1.82) is 0 Å². The summed E-state index contributed by atoms with van der Waals surface area (Å²) in [6.07, 6.45) is 3.73. The van der Waals surface area contributed by atoms with Gasteiger partial charge in [0.05, 0.1) is 49.1 Å². The first-order valence-corrected chi connectivity index (χ1v) is 17.1. The van der Waals surface area contributed by atoms with Crippen molar-refractivity contribution < 1.29 is 37.0 Å². The van der Waals surface area contributed by atoms with Crippen molar-refractivity contribution in [1.82, 2.24) is 10.2 Å². The SMILES string of the molecule is COc1ccc(OC)c(N(CC(=O)N(Cc2ccc(Cl)c(Cl)c2)[C@H](C)C(=O)NC2CCCC2)S(=O)(=O)c2ccc(OC)c(OC)c2)c1. The van der Waals surface area contributed by atoms with Gasteiger partial charge in [0.25, 0.3) is 10.0 Å². The van der Waals surface area contributed by atoms with E-state index in [0.29, 0.717) is 22.1 Å². The summed E-state index contributed by atoms with van der Waals surface area (Å²) in [7, 11) is 1.18. The second kappa shape index (κ2) is 15.8. The number of ether oxygens (including phenoxy) is 4. The highest BCUT2D eigenvalue weighted by Gasteiger charge is 2.35. The Morgan fingerprint density at radius 2 is 1.51 bits per heavy atom. The molecule has 1 saturated carbocycles. The normalized spacial score (nSPS) is 13.9. The number of amides is 2. The van der Waals surface area contributed by atoms with Gasteiger partial charge in [-0.15, -0.1) is 0 Å². The standard InChI is InChI=1S/C33H39Cl2N3O8S/c1-21(33(40)36-23-8-6-7-9-23)37(19-22-10-13-26(34)27(35)16-22)32(39)20-38(28-17-24(43-2)11-14-29(28)44-3)47(41,42)25-12-15-30(45-4)31(18-25)46-5/h10-18,21,23H,6-9,19-20H2,1-5H3,(H,36,40)/t21-/m1/s1. The zero-order valence-corrected chi connectivity index (χ0v) is 29.2. The molecule has 3 aromatic carbocycles. The van der Waals surface area contributed by atoms with Gasteiger partial charge in [0.15, 0.2) is 11.5 Å². The van der Waals surface area contributed by atoms with Crippen LogP contribution in [-0.2, 0) is 26.2 Å². The third-order valence-corrected chi connectivity index (χ3v) is 10.6. The van der Waals surface area contributed by atoms with Crippen molar-refractivity contribution >= 4 is 50.7 Å². The summed E-state index contributed by atoms with van der Waals surface area (Å²) in [5.41, 5.74) is 0.647. The van der Waals surface area contributed by atoms with E-state index in [2.05, 4.69) is 5.32 Å². The van der Waals surface area contributed by atoms with Gasteiger partial charge < -0.3 is 29.2 Å². The number of nitrogens with zero attached hydrogens (tertiary/aromatic N) is 2. The van der Waals surface area contributed by atoms with Crippen LogP contribution in [0.2, 0.25) is 10.0 Å². The van der Waals surface area contributed by atoms with Crippen molar-refractivity contribution in [3.8, 4) is 23.0 Å². The summed E-state index contributed by atoms with van der Waals surface area (Å²) in [6, 6.07) is 12.7. The Kier molecular flexibility index (Phi) is 12.1. The molecule has 1 atom stereocenters. The fourth-order valence-corrected chi connectivity index (χ4v) is 7.17. The zero-order chi connectivity index (χ0) is 34.3. The number of methoxy groups -OCH3 is 4. The second-order valence-electron chi connectivity index (χ2n) is 11.0. The first-order chi connectivity index (χ1) is 22.4. The molecule has 1 aliphatic carbocycles. The van der Waals surface area contributed by atoms with Gasteiger partial charge in [-0.3, -0.25) is 13.9 Å². The monoisotopic (exact) mass is 707 g/mol. The van der Waals surface area contributed by atoms with Crippen molar-refractivity contribution in [3.63, 3.8) is 0 Å². The Labute approximate surface area is 285 Å². The lowest BCUT2D eigenvalue weighted by Gasteiger charge is -2.33. The third kappa shape index (κ3) is 8.35. The first kappa shape index (κ1) is 36.0. The van der Waals surface area contributed by atoms with Crippen LogP contribution in [0.1, 0.15) is 38.2 Å². The molecule has 0 bridgehead atoms. The molecule has 1 fully saturated rings. The Hall–Kier alpha value is -3.87. The van der Waals surface area contributed by atoms with E-state index in [-0.39, 0.29) is 45.6 Å². The highest BCUT2D eigenvalue weighted by molar-refractivity contribution is 7.92. The predicted octanol–water partition coefficient (Wildman–Crippen LogP) is 5.70. The van der Waals surface area contributed by atoms with Crippen molar-refractivity contribution in [2.75, 3.05) is 39.3 Å². The number of nitrogens with one attached hydrogen (secondary N) is 1. The number of anilines is 1. The van der Waals surface area contributed by atoms with Crippen LogP contribution in [0.15, 0.2) is 59.5 Å². The fourth-order valence-electron chi connectivity index (χ4n) is 5.42. The molecule has 0 spiro atoms. The first-order valence-electron chi connectivity index (χ1n) is 14.9. The summed E-state index contributed by atoms with van der Waals surface area (Å²) < 4.78 is 51.4. The Bertz CT molecular complexity index is 1700. The molecule has 0 radical (unpaired) electrons. The van der Waals surface area contributed by atoms with E-state index >= 15 is 0 Å². The second-order valence-corrected chi connectivity index (χ2v) is 13.7. The number of carbonyl (C=O) groups is 2. The van der Waals surface area contributed by atoms with Crippen molar-refractivity contribution in [2.24, 2.45) is 0 Å². The number of halogens is 2. The van der Waals surface area contributed by atoms with Gasteiger partial charge in [-0.25, -0.2) is 8.42 Å². The molecule has 254 valence electrons. The summed E-state index contributed by atoms with van der Waals surface area (Å²) >= 11 is 12.4. The maximum absolute atomic E-state index is 14.5. The molecule has 1 aliphatic rings. The van der Waals surface area contributed by atoms with E-state index in [1.54, 1.807) is 37.3 Å². The van der Waals surface area contributed by atoms with E-state index in [1.807, 2.05) is 0 Å². The van der Waals surface area contributed by atoms with Gasteiger partial charge in [0, 0.05) is 24.7 Å². The summed E-state index contributed by atoms with van der Waals surface area (Å²) in [5.74, 6) is -0.0000684. The van der Waals surface area contributed by atoms with E-state index < -0.39 is 28.5 Å². The molecule has 0 aromatic heterocycles. The van der Waals surface area contributed by atoms with Crippen LogP contribution in [-0.4, -0.2) is 72.2 Å². The van der Waals surface area contributed by atoms with Crippen molar-refractivity contribution in [3.05, 3.63) is 70.2 Å². The third-order valence-electron chi connectivity index (χ3n) is 8.08. The number of sulfonamides is 1. The van der Waals surface area contributed by atoms with E-state index in [0.717, 1.165) is 30.0 Å². The van der Waals surface area contributed by atoms with Gasteiger partial charge in [-0.1, -0.05) is 42.1 Å². The van der Waals surface area contributed by atoms with Crippen LogP contribution in [0, 0.1) is 0 Å². The zero-order valence-electron chi connectivity index (χ0n) is 26.9. The van der Waals surface area contributed by atoms with Gasteiger partial charge in [-0.2, -0.15) is 0 Å². The maximum atomic E-state index is 14.5. The van der Waals surface area contributed by atoms with Gasteiger partial charge >= 0.3 is 0 Å². The molecule has 4 rings (SSSR count).